The molecule has 26 heavy (non-hydrogen) atoms. The van der Waals surface area contributed by atoms with Crippen LogP contribution in [0.1, 0.15) is 44.6 Å². The van der Waals surface area contributed by atoms with Crippen molar-refractivity contribution in [3.05, 3.63) is 35.9 Å². The van der Waals surface area contributed by atoms with Crippen molar-refractivity contribution < 1.29 is 14.4 Å². The Morgan fingerprint density at radius 1 is 1.15 bits per heavy atom. The molecule has 4 amide bonds. The summed E-state index contributed by atoms with van der Waals surface area (Å²) in [5, 5.41) is 8.43. The van der Waals surface area contributed by atoms with Gasteiger partial charge in [-0.15, -0.1) is 0 Å². The standard InChI is InChI=1S/C19H28N4O3/c1-13-15(23-19(26)21-13)10-6-3-7-11-17(24)22-16(18(20)25)12-14-8-4-2-5-9-14/h2,4-5,8-9,13,15-16H,3,6-7,10-12H2,1H3,(H2,20,25)(H,22,24)(H2,21,23,26)/t13-,15+,16+/m0/s1. The van der Waals surface area contributed by atoms with Gasteiger partial charge in [-0.1, -0.05) is 43.2 Å². The summed E-state index contributed by atoms with van der Waals surface area (Å²) in [7, 11) is 0. The fourth-order valence-corrected chi connectivity index (χ4v) is 3.13. The Kier molecular flexibility index (Phi) is 7.44. The van der Waals surface area contributed by atoms with Gasteiger partial charge in [0, 0.05) is 18.9 Å². The van der Waals surface area contributed by atoms with Gasteiger partial charge in [0.25, 0.3) is 0 Å². The number of primary amides is 1. The molecule has 1 aliphatic heterocycles. The number of carbonyl (C=O) groups is 3. The van der Waals surface area contributed by atoms with Crippen LogP contribution in [0.4, 0.5) is 4.79 Å². The van der Waals surface area contributed by atoms with Gasteiger partial charge in [-0.3, -0.25) is 9.59 Å². The van der Waals surface area contributed by atoms with Gasteiger partial charge in [0.05, 0.1) is 6.04 Å². The van der Waals surface area contributed by atoms with Crippen LogP contribution in [0.25, 0.3) is 0 Å². The van der Waals surface area contributed by atoms with Crippen LogP contribution in [0.5, 0.6) is 0 Å². The third kappa shape index (κ3) is 6.38. The molecule has 0 aliphatic carbocycles. The average molecular weight is 360 g/mol. The van der Waals surface area contributed by atoms with Gasteiger partial charge in [0.15, 0.2) is 0 Å². The molecule has 2 rings (SSSR count). The highest BCUT2D eigenvalue weighted by atomic mass is 16.2. The highest BCUT2D eigenvalue weighted by molar-refractivity contribution is 5.86. The van der Waals surface area contributed by atoms with E-state index >= 15 is 0 Å². The van der Waals surface area contributed by atoms with Crippen LogP contribution in [0.2, 0.25) is 0 Å². The molecule has 0 bridgehead atoms. The van der Waals surface area contributed by atoms with Gasteiger partial charge in [-0.2, -0.15) is 0 Å². The number of nitrogens with one attached hydrogen (secondary N) is 3. The number of carbonyl (C=O) groups excluding carboxylic acids is 3. The largest absolute Gasteiger partial charge is 0.368 e. The predicted molar refractivity (Wildman–Crippen MR) is 99.3 cm³/mol. The zero-order valence-corrected chi connectivity index (χ0v) is 15.2. The molecule has 0 unspecified atom stereocenters. The first-order valence-corrected chi connectivity index (χ1v) is 9.15. The van der Waals surface area contributed by atoms with E-state index in [1.165, 1.54) is 0 Å². The molecule has 3 atom stereocenters. The Morgan fingerprint density at radius 2 is 1.88 bits per heavy atom. The second-order valence-electron chi connectivity index (χ2n) is 6.82. The molecule has 0 radical (unpaired) electrons. The Bertz CT molecular complexity index is 620. The number of urea groups is 1. The third-order valence-corrected chi connectivity index (χ3v) is 4.66. The maximum atomic E-state index is 12.1. The molecular formula is C19H28N4O3. The number of benzene rings is 1. The first-order chi connectivity index (χ1) is 12.5. The van der Waals surface area contributed by atoms with Gasteiger partial charge in [0.1, 0.15) is 6.04 Å². The van der Waals surface area contributed by atoms with Crippen molar-refractivity contribution in [2.75, 3.05) is 0 Å². The second kappa shape index (κ2) is 9.79. The van der Waals surface area contributed by atoms with E-state index < -0.39 is 11.9 Å². The summed E-state index contributed by atoms with van der Waals surface area (Å²) in [6, 6.07) is 8.97. The van der Waals surface area contributed by atoms with Crippen molar-refractivity contribution in [2.45, 2.75) is 63.6 Å². The van der Waals surface area contributed by atoms with Gasteiger partial charge in [-0.05, 0) is 25.3 Å². The second-order valence-corrected chi connectivity index (χ2v) is 6.82. The first kappa shape index (κ1) is 19.8. The summed E-state index contributed by atoms with van der Waals surface area (Å²) in [5.41, 5.74) is 6.37. The zero-order valence-electron chi connectivity index (χ0n) is 15.2. The highest BCUT2D eigenvalue weighted by Gasteiger charge is 2.26. The first-order valence-electron chi connectivity index (χ1n) is 9.15. The number of nitrogens with two attached hydrogens (primary N) is 1. The summed E-state index contributed by atoms with van der Waals surface area (Å²) in [5.74, 6) is -0.686. The molecule has 1 fully saturated rings. The summed E-state index contributed by atoms with van der Waals surface area (Å²) in [6.45, 7) is 1.98. The van der Waals surface area contributed by atoms with E-state index in [0.717, 1.165) is 31.2 Å². The van der Waals surface area contributed by atoms with Crippen LogP contribution >= 0.6 is 0 Å². The number of rotatable bonds is 10. The summed E-state index contributed by atoms with van der Waals surface area (Å²) in [4.78, 5) is 34.9. The van der Waals surface area contributed by atoms with Crippen molar-refractivity contribution in [1.82, 2.24) is 16.0 Å². The molecule has 0 aromatic heterocycles. The van der Waals surface area contributed by atoms with Gasteiger partial charge in [-0.25, -0.2) is 4.79 Å². The van der Waals surface area contributed by atoms with E-state index in [9.17, 15) is 14.4 Å². The quantitative estimate of drug-likeness (QED) is 0.470. The highest BCUT2D eigenvalue weighted by Crippen LogP contribution is 2.12. The minimum absolute atomic E-state index is 0.113. The average Bonchev–Trinajstić information content (AvgIpc) is 2.92. The molecule has 1 aromatic rings. The smallest absolute Gasteiger partial charge is 0.315 e. The predicted octanol–water partition coefficient (Wildman–Crippen LogP) is 1.22. The number of amides is 4. The van der Waals surface area contributed by atoms with Crippen LogP contribution < -0.4 is 21.7 Å². The lowest BCUT2D eigenvalue weighted by molar-refractivity contribution is -0.127. The van der Waals surface area contributed by atoms with Gasteiger partial charge >= 0.3 is 6.03 Å². The Labute approximate surface area is 154 Å². The molecule has 7 nitrogen and oxygen atoms in total. The molecule has 1 aromatic carbocycles. The van der Waals surface area contributed by atoms with E-state index in [2.05, 4.69) is 16.0 Å². The fourth-order valence-electron chi connectivity index (χ4n) is 3.13. The SMILES string of the molecule is C[C@@H]1NC(=O)N[C@@H]1CCCCCC(=O)N[C@H](Cc1ccccc1)C(N)=O. The lowest BCUT2D eigenvalue weighted by Gasteiger charge is -2.16. The van der Waals surface area contributed by atoms with E-state index in [-0.39, 0.29) is 24.0 Å². The van der Waals surface area contributed by atoms with Crippen LogP contribution in [0.3, 0.4) is 0 Å². The van der Waals surface area contributed by atoms with Crippen molar-refractivity contribution in [1.29, 1.82) is 0 Å². The molecule has 0 spiro atoms. The summed E-state index contributed by atoms with van der Waals surface area (Å²) < 4.78 is 0. The molecule has 1 saturated heterocycles. The number of hydrogen-bond acceptors (Lipinski definition) is 3. The minimum atomic E-state index is -0.689. The summed E-state index contributed by atoms with van der Waals surface area (Å²) >= 11 is 0. The number of hydrogen-bond donors (Lipinski definition) is 4. The van der Waals surface area contributed by atoms with Crippen molar-refractivity contribution in [2.24, 2.45) is 5.73 Å². The van der Waals surface area contributed by atoms with Crippen molar-refractivity contribution >= 4 is 17.8 Å². The van der Waals surface area contributed by atoms with Crippen LogP contribution in [0, 0.1) is 0 Å². The molecule has 1 heterocycles. The molecule has 0 saturated carbocycles. The maximum absolute atomic E-state index is 12.1. The molecule has 142 valence electrons. The van der Waals surface area contributed by atoms with Crippen LogP contribution in [-0.2, 0) is 16.0 Å². The Morgan fingerprint density at radius 3 is 2.50 bits per heavy atom. The van der Waals surface area contributed by atoms with Gasteiger partial charge in [0.2, 0.25) is 11.8 Å². The monoisotopic (exact) mass is 360 g/mol. The van der Waals surface area contributed by atoms with E-state index in [1.807, 2.05) is 37.3 Å². The van der Waals surface area contributed by atoms with Crippen molar-refractivity contribution in [3.8, 4) is 0 Å². The summed E-state index contributed by atoms with van der Waals surface area (Å²) in [6.07, 6.45) is 4.22. The molecule has 1 aliphatic rings. The molecular weight excluding hydrogens is 332 g/mol. The lowest BCUT2D eigenvalue weighted by Crippen LogP contribution is -2.45. The Balaban J connectivity index is 1.65. The fraction of sp³-hybridized carbons (Fsp3) is 0.526. The topological polar surface area (TPSA) is 113 Å². The van der Waals surface area contributed by atoms with E-state index in [4.69, 9.17) is 5.73 Å². The van der Waals surface area contributed by atoms with Crippen LogP contribution in [0.15, 0.2) is 30.3 Å². The number of unbranched alkanes of at least 4 members (excludes halogenated alkanes) is 2. The third-order valence-electron chi connectivity index (χ3n) is 4.66. The van der Waals surface area contributed by atoms with E-state index in [0.29, 0.717) is 12.8 Å². The van der Waals surface area contributed by atoms with E-state index in [1.54, 1.807) is 0 Å². The Hall–Kier alpha value is -2.57. The van der Waals surface area contributed by atoms with Crippen molar-refractivity contribution in [3.63, 3.8) is 0 Å². The lowest BCUT2D eigenvalue weighted by atomic mass is 10.0. The minimum Gasteiger partial charge on any atom is -0.368 e. The molecule has 7 heteroatoms. The maximum Gasteiger partial charge on any atom is 0.315 e. The van der Waals surface area contributed by atoms with Crippen LogP contribution in [-0.4, -0.2) is 36.0 Å². The normalized spacial score (nSPS) is 20.1. The molecule has 5 N–H and O–H groups in total. The van der Waals surface area contributed by atoms with Gasteiger partial charge < -0.3 is 21.7 Å². The zero-order chi connectivity index (χ0) is 18.9.